The second kappa shape index (κ2) is 7.44. The number of H-pyrrole nitrogens is 1. The van der Waals surface area contributed by atoms with Crippen LogP contribution in [-0.4, -0.2) is 30.1 Å². The molecule has 0 saturated carbocycles. The Bertz CT molecular complexity index is 1120. The summed E-state index contributed by atoms with van der Waals surface area (Å²) in [5, 5.41) is 2.91. The highest BCUT2D eigenvalue weighted by molar-refractivity contribution is 6.06. The minimum atomic E-state index is -0.263. The van der Waals surface area contributed by atoms with Gasteiger partial charge in [-0.1, -0.05) is 24.3 Å². The molecule has 4 aromatic rings. The van der Waals surface area contributed by atoms with Crippen molar-refractivity contribution in [1.82, 2.24) is 9.97 Å². The number of carbonyl (C=O) groups is 1. The van der Waals surface area contributed by atoms with Crippen molar-refractivity contribution in [3.8, 4) is 22.9 Å². The topological polar surface area (TPSA) is 76.2 Å². The van der Waals surface area contributed by atoms with Crippen molar-refractivity contribution >= 4 is 22.6 Å². The lowest BCUT2D eigenvalue weighted by molar-refractivity contribution is 0.102. The zero-order valence-corrected chi connectivity index (χ0v) is 15.5. The second-order valence-corrected chi connectivity index (χ2v) is 6.20. The lowest BCUT2D eigenvalue weighted by Gasteiger charge is -2.11. The fourth-order valence-corrected chi connectivity index (χ4v) is 3.02. The Morgan fingerprint density at radius 1 is 0.964 bits per heavy atom. The molecule has 0 spiro atoms. The number of amides is 1. The summed E-state index contributed by atoms with van der Waals surface area (Å²) < 4.78 is 10.5. The lowest BCUT2D eigenvalue weighted by Crippen LogP contribution is -2.13. The molecule has 3 aromatic carbocycles. The summed E-state index contributed by atoms with van der Waals surface area (Å²) in [4.78, 5) is 20.6. The third-order valence-corrected chi connectivity index (χ3v) is 4.44. The van der Waals surface area contributed by atoms with Gasteiger partial charge in [0, 0.05) is 17.3 Å². The highest BCUT2D eigenvalue weighted by atomic mass is 16.5. The molecule has 0 saturated heterocycles. The van der Waals surface area contributed by atoms with Crippen LogP contribution in [0.25, 0.3) is 22.4 Å². The normalized spacial score (nSPS) is 10.6. The molecule has 28 heavy (non-hydrogen) atoms. The van der Waals surface area contributed by atoms with Gasteiger partial charge in [-0.15, -0.1) is 0 Å². The maximum Gasteiger partial charge on any atom is 0.259 e. The summed E-state index contributed by atoms with van der Waals surface area (Å²) in [6, 6.07) is 20.5. The number of nitrogens with one attached hydrogen (secondary N) is 2. The van der Waals surface area contributed by atoms with E-state index in [2.05, 4.69) is 15.3 Å². The summed E-state index contributed by atoms with van der Waals surface area (Å²) in [5.41, 5.74) is 3.85. The van der Waals surface area contributed by atoms with Gasteiger partial charge in [-0.3, -0.25) is 4.79 Å². The Morgan fingerprint density at radius 2 is 1.82 bits per heavy atom. The maximum absolute atomic E-state index is 12.7. The van der Waals surface area contributed by atoms with E-state index in [9.17, 15) is 4.79 Å². The molecule has 0 aliphatic heterocycles. The second-order valence-electron chi connectivity index (χ2n) is 6.20. The third kappa shape index (κ3) is 3.40. The number of nitrogens with zero attached hydrogens (tertiary/aromatic N) is 1. The molecule has 0 fully saturated rings. The van der Waals surface area contributed by atoms with E-state index in [1.54, 1.807) is 25.3 Å². The van der Waals surface area contributed by atoms with Gasteiger partial charge in [0.25, 0.3) is 5.91 Å². The molecule has 1 heterocycles. The van der Waals surface area contributed by atoms with Gasteiger partial charge in [0.15, 0.2) is 0 Å². The molecule has 4 rings (SSSR count). The van der Waals surface area contributed by atoms with Gasteiger partial charge in [-0.05, 0) is 36.4 Å². The van der Waals surface area contributed by atoms with E-state index in [-0.39, 0.29) is 5.91 Å². The van der Waals surface area contributed by atoms with Crippen LogP contribution in [0, 0.1) is 0 Å². The molecule has 0 aliphatic rings. The van der Waals surface area contributed by atoms with Crippen LogP contribution in [-0.2, 0) is 0 Å². The number of carbonyl (C=O) groups excluding carboxylic acids is 1. The number of hydrogen-bond donors (Lipinski definition) is 2. The molecule has 0 aliphatic carbocycles. The molecule has 140 valence electrons. The van der Waals surface area contributed by atoms with Crippen molar-refractivity contribution in [3.05, 3.63) is 72.3 Å². The highest BCUT2D eigenvalue weighted by Crippen LogP contribution is 2.27. The minimum Gasteiger partial charge on any atom is -0.497 e. The van der Waals surface area contributed by atoms with Crippen LogP contribution in [0.15, 0.2) is 66.7 Å². The fourth-order valence-electron chi connectivity index (χ4n) is 3.02. The van der Waals surface area contributed by atoms with Crippen molar-refractivity contribution < 1.29 is 14.3 Å². The SMILES string of the molecule is COc1ccc(C(=O)Nc2cccc(-c3nc4ccccc4[nH]3)c2)c(OC)c1. The van der Waals surface area contributed by atoms with Crippen LogP contribution in [0.1, 0.15) is 10.4 Å². The van der Waals surface area contributed by atoms with Crippen LogP contribution < -0.4 is 14.8 Å². The molecule has 2 N–H and O–H groups in total. The van der Waals surface area contributed by atoms with Crippen molar-refractivity contribution in [2.45, 2.75) is 0 Å². The first kappa shape index (κ1) is 17.6. The summed E-state index contributed by atoms with van der Waals surface area (Å²) in [7, 11) is 3.09. The molecular weight excluding hydrogens is 354 g/mol. The van der Waals surface area contributed by atoms with E-state index in [1.165, 1.54) is 7.11 Å². The van der Waals surface area contributed by atoms with Crippen molar-refractivity contribution in [2.24, 2.45) is 0 Å². The monoisotopic (exact) mass is 373 g/mol. The first-order valence-corrected chi connectivity index (χ1v) is 8.76. The number of rotatable bonds is 5. The van der Waals surface area contributed by atoms with E-state index >= 15 is 0 Å². The van der Waals surface area contributed by atoms with Crippen LogP contribution >= 0.6 is 0 Å². The van der Waals surface area contributed by atoms with Gasteiger partial charge >= 0.3 is 0 Å². The zero-order valence-electron chi connectivity index (χ0n) is 15.5. The molecule has 6 heteroatoms. The number of para-hydroxylation sites is 2. The van der Waals surface area contributed by atoms with E-state index in [0.717, 1.165) is 22.4 Å². The number of aromatic nitrogens is 2. The van der Waals surface area contributed by atoms with E-state index in [0.29, 0.717) is 22.7 Å². The first-order chi connectivity index (χ1) is 13.7. The number of aromatic amines is 1. The predicted molar refractivity (Wildman–Crippen MR) is 109 cm³/mol. The first-order valence-electron chi connectivity index (χ1n) is 8.76. The molecule has 1 amide bonds. The zero-order chi connectivity index (χ0) is 19.5. The number of benzene rings is 3. The minimum absolute atomic E-state index is 0.263. The fraction of sp³-hybridized carbons (Fsp3) is 0.0909. The maximum atomic E-state index is 12.7. The summed E-state index contributed by atoms with van der Waals surface area (Å²) in [5.74, 6) is 1.56. The van der Waals surface area contributed by atoms with E-state index < -0.39 is 0 Å². The van der Waals surface area contributed by atoms with Gasteiger partial charge in [-0.2, -0.15) is 0 Å². The Labute approximate surface area is 162 Å². The largest absolute Gasteiger partial charge is 0.497 e. The highest BCUT2D eigenvalue weighted by Gasteiger charge is 2.14. The Balaban J connectivity index is 1.61. The van der Waals surface area contributed by atoms with Crippen LogP contribution in [0.3, 0.4) is 0 Å². The van der Waals surface area contributed by atoms with Gasteiger partial charge in [0.1, 0.15) is 17.3 Å². The standard InChI is InChI=1S/C22H19N3O3/c1-27-16-10-11-17(20(13-16)28-2)22(26)23-15-7-5-6-14(12-15)21-24-18-8-3-4-9-19(18)25-21/h3-13H,1-2H3,(H,23,26)(H,24,25). The smallest absolute Gasteiger partial charge is 0.259 e. The summed E-state index contributed by atoms with van der Waals surface area (Å²) in [6.45, 7) is 0. The van der Waals surface area contributed by atoms with Crippen LogP contribution in [0.5, 0.6) is 11.5 Å². The molecule has 0 atom stereocenters. The van der Waals surface area contributed by atoms with Gasteiger partial charge in [-0.25, -0.2) is 4.98 Å². The molecule has 0 unspecified atom stereocenters. The average molecular weight is 373 g/mol. The third-order valence-electron chi connectivity index (χ3n) is 4.44. The van der Waals surface area contributed by atoms with Gasteiger partial charge in [0.2, 0.25) is 0 Å². The number of anilines is 1. The average Bonchev–Trinajstić information content (AvgIpc) is 3.17. The van der Waals surface area contributed by atoms with E-state index in [4.69, 9.17) is 9.47 Å². The molecule has 6 nitrogen and oxygen atoms in total. The number of fused-ring (bicyclic) bond motifs is 1. The molecular formula is C22H19N3O3. The van der Waals surface area contributed by atoms with Crippen molar-refractivity contribution in [2.75, 3.05) is 19.5 Å². The quantitative estimate of drug-likeness (QED) is 0.540. The Hall–Kier alpha value is -3.80. The predicted octanol–water partition coefficient (Wildman–Crippen LogP) is 4.50. The number of methoxy groups -OCH3 is 2. The summed E-state index contributed by atoms with van der Waals surface area (Å²) >= 11 is 0. The van der Waals surface area contributed by atoms with Crippen molar-refractivity contribution in [1.29, 1.82) is 0 Å². The Morgan fingerprint density at radius 3 is 2.61 bits per heavy atom. The van der Waals surface area contributed by atoms with Crippen LogP contribution in [0.4, 0.5) is 5.69 Å². The van der Waals surface area contributed by atoms with E-state index in [1.807, 2.05) is 48.5 Å². The van der Waals surface area contributed by atoms with Gasteiger partial charge in [0.05, 0.1) is 30.8 Å². The Kier molecular flexibility index (Phi) is 4.68. The molecule has 0 radical (unpaired) electrons. The van der Waals surface area contributed by atoms with Gasteiger partial charge < -0.3 is 19.8 Å². The van der Waals surface area contributed by atoms with Crippen LogP contribution in [0.2, 0.25) is 0 Å². The summed E-state index contributed by atoms with van der Waals surface area (Å²) in [6.07, 6.45) is 0. The number of hydrogen-bond acceptors (Lipinski definition) is 4. The number of ether oxygens (including phenoxy) is 2. The number of imidazole rings is 1. The molecule has 1 aromatic heterocycles. The lowest BCUT2D eigenvalue weighted by atomic mass is 10.1. The molecule has 0 bridgehead atoms. The van der Waals surface area contributed by atoms with Crippen molar-refractivity contribution in [3.63, 3.8) is 0 Å².